The van der Waals surface area contributed by atoms with Crippen LogP contribution < -0.4 is 5.32 Å². The van der Waals surface area contributed by atoms with Crippen LogP contribution in [0.4, 0.5) is 15.8 Å². The van der Waals surface area contributed by atoms with Crippen molar-refractivity contribution in [2.45, 2.75) is 17.7 Å². The molecule has 0 bridgehead atoms. The topological polar surface area (TPSA) is 136 Å². The number of ether oxygens (including phenoxy) is 1. The molecule has 0 radical (unpaired) electrons. The van der Waals surface area contributed by atoms with Crippen molar-refractivity contribution in [2.24, 2.45) is 5.92 Å². The highest BCUT2D eigenvalue weighted by molar-refractivity contribution is 7.89. The molecule has 1 amide bonds. The number of piperidine rings is 1. The Morgan fingerprint density at radius 3 is 2.38 bits per heavy atom. The van der Waals surface area contributed by atoms with Gasteiger partial charge in [-0.2, -0.15) is 4.31 Å². The average Bonchev–Trinajstić information content (AvgIpc) is 2.78. The first-order valence-corrected chi connectivity index (χ1v) is 11.1. The Bertz CT molecular complexity index is 1110. The van der Waals surface area contributed by atoms with Gasteiger partial charge < -0.3 is 10.1 Å². The second-order valence-corrected chi connectivity index (χ2v) is 9.00. The van der Waals surface area contributed by atoms with Crippen LogP contribution in [0.5, 0.6) is 0 Å². The molecule has 3 rings (SSSR count). The Morgan fingerprint density at radius 2 is 1.75 bits per heavy atom. The largest absolute Gasteiger partial charge is 0.455 e. The highest BCUT2D eigenvalue weighted by atomic mass is 32.2. The van der Waals surface area contributed by atoms with Crippen LogP contribution in [-0.4, -0.2) is 49.2 Å². The third kappa shape index (κ3) is 5.45. The smallest absolute Gasteiger partial charge is 0.309 e. The molecule has 0 spiro atoms. The maximum absolute atomic E-state index is 13.0. The molecule has 10 nitrogen and oxygen atoms in total. The van der Waals surface area contributed by atoms with E-state index in [2.05, 4.69) is 5.32 Å². The summed E-state index contributed by atoms with van der Waals surface area (Å²) in [7, 11) is -3.80. The molecule has 1 N–H and O–H groups in total. The van der Waals surface area contributed by atoms with Gasteiger partial charge in [0.1, 0.15) is 11.5 Å². The number of esters is 1. The number of nitrogens with one attached hydrogen (secondary N) is 1. The molecule has 1 aliphatic heterocycles. The number of sulfonamides is 1. The van der Waals surface area contributed by atoms with Gasteiger partial charge in [-0.15, -0.1) is 0 Å². The van der Waals surface area contributed by atoms with Crippen molar-refractivity contribution in [1.29, 1.82) is 0 Å². The van der Waals surface area contributed by atoms with Gasteiger partial charge in [-0.1, -0.05) is 12.1 Å². The van der Waals surface area contributed by atoms with E-state index in [0.717, 1.165) is 12.1 Å². The molecule has 1 saturated heterocycles. The normalized spacial score (nSPS) is 15.2. The SMILES string of the molecule is O=C(COC(=O)C1CCN(S(=O)(=O)c2ccc(F)cc2)CC1)Nc1ccccc1[N+](=O)[O-]. The summed E-state index contributed by atoms with van der Waals surface area (Å²) >= 11 is 0. The minimum absolute atomic E-state index is 0.0159. The van der Waals surface area contributed by atoms with E-state index >= 15 is 0 Å². The van der Waals surface area contributed by atoms with E-state index in [1.807, 2.05) is 0 Å². The van der Waals surface area contributed by atoms with E-state index < -0.39 is 45.2 Å². The Kier molecular flexibility index (Phi) is 7.15. The Labute approximate surface area is 183 Å². The van der Waals surface area contributed by atoms with Gasteiger partial charge in [0.25, 0.3) is 11.6 Å². The van der Waals surface area contributed by atoms with Gasteiger partial charge in [-0.05, 0) is 43.2 Å². The highest BCUT2D eigenvalue weighted by Gasteiger charge is 2.33. The number of carbonyl (C=O) groups is 2. The third-order valence-electron chi connectivity index (χ3n) is 4.96. The zero-order chi connectivity index (χ0) is 23.3. The summed E-state index contributed by atoms with van der Waals surface area (Å²) in [6, 6.07) is 10.0. The first kappa shape index (κ1) is 23.3. The fraction of sp³-hybridized carbons (Fsp3) is 0.300. The zero-order valence-electron chi connectivity index (χ0n) is 16.8. The third-order valence-corrected chi connectivity index (χ3v) is 6.87. The quantitative estimate of drug-likeness (QED) is 0.376. The van der Waals surface area contributed by atoms with Crippen molar-refractivity contribution in [3.63, 3.8) is 0 Å². The number of carbonyl (C=O) groups excluding carboxylic acids is 2. The van der Waals surface area contributed by atoms with Gasteiger partial charge in [0.15, 0.2) is 6.61 Å². The number of nitrogens with zero attached hydrogens (tertiary/aromatic N) is 2. The lowest BCUT2D eigenvalue weighted by atomic mass is 9.98. The number of hydrogen-bond acceptors (Lipinski definition) is 7. The molecule has 1 heterocycles. The van der Waals surface area contributed by atoms with Crippen molar-refractivity contribution < 1.29 is 32.1 Å². The monoisotopic (exact) mass is 465 g/mol. The summed E-state index contributed by atoms with van der Waals surface area (Å²) in [5.41, 5.74) is -0.306. The predicted octanol–water partition coefficient (Wildman–Crippen LogP) is 2.32. The Hall–Kier alpha value is -3.38. The summed E-state index contributed by atoms with van der Waals surface area (Å²) in [4.78, 5) is 34.6. The van der Waals surface area contributed by atoms with E-state index in [-0.39, 0.29) is 42.2 Å². The molecule has 2 aromatic rings. The summed E-state index contributed by atoms with van der Waals surface area (Å²) < 4.78 is 44.5. The molecule has 12 heteroatoms. The van der Waals surface area contributed by atoms with E-state index in [1.165, 1.54) is 40.7 Å². The summed E-state index contributed by atoms with van der Waals surface area (Å²) in [5.74, 6) is -2.52. The van der Waals surface area contributed by atoms with E-state index in [4.69, 9.17) is 4.74 Å². The fourth-order valence-corrected chi connectivity index (χ4v) is 4.74. The van der Waals surface area contributed by atoms with Crippen LogP contribution in [0.25, 0.3) is 0 Å². The van der Waals surface area contributed by atoms with Crippen LogP contribution in [-0.2, 0) is 24.3 Å². The molecule has 0 aliphatic carbocycles. The average molecular weight is 465 g/mol. The first-order chi connectivity index (χ1) is 15.2. The second-order valence-electron chi connectivity index (χ2n) is 7.06. The first-order valence-electron chi connectivity index (χ1n) is 9.64. The van der Waals surface area contributed by atoms with E-state index in [1.54, 1.807) is 0 Å². The maximum Gasteiger partial charge on any atom is 0.309 e. The molecule has 0 aromatic heterocycles. The molecule has 1 fully saturated rings. The van der Waals surface area contributed by atoms with Gasteiger partial charge >= 0.3 is 5.97 Å². The minimum atomic E-state index is -3.80. The highest BCUT2D eigenvalue weighted by Crippen LogP contribution is 2.25. The summed E-state index contributed by atoms with van der Waals surface area (Å²) in [5, 5.41) is 13.3. The van der Waals surface area contributed by atoms with Gasteiger partial charge in [0.05, 0.1) is 15.7 Å². The van der Waals surface area contributed by atoms with Crippen molar-refractivity contribution in [2.75, 3.05) is 25.0 Å². The van der Waals surface area contributed by atoms with Gasteiger partial charge in [0.2, 0.25) is 10.0 Å². The summed E-state index contributed by atoms with van der Waals surface area (Å²) in [6.45, 7) is -0.483. The number of benzene rings is 2. The molecular weight excluding hydrogens is 445 g/mol. The molecular formula is C20H20FN3O7S. The Balaban J connectivity index is 1.50. The van der Waals surface area contributed by atoms with Crippen LogP contribution in [0.3, 0.4) is 0 Å². The van der Waals surface area contributed by atoms with Crippen molar-refractivity contribution in [3.05, 3.63) is 64.5 Å². The maximum atomic E-state index is 13.0. The lowest BCUT2D eigenvalue weighted by Crippen LogP contribution is -2.40. The number of amides is 1. The molecule has 0 saturated carbocycles. The molecule has 1 aliphatic rings. The zero-order valence-corrected chi connectivity index (χ0v) is 17.6. The number of para-hydroxylation sites is 2. The van der Waals surface area contributed by atoms with Crippen LogP contribution in [0.15, 0.2) is 53.4 Å². The van der Waals surface area contributed by atoms with Gasteiger partial charge in [-0.25, -0.2) is 12.8 Å². The van der Waals surface area contributed by atoms with Crippen LogP contribution in [0.2, 0.25) is 0 Å². The summed E-state index contributed by atoms with van der Waals surface area (Å²) in [6.07, 6.45) is 0.399. The predicted molar refractivity (Wildman–Crippen MR) is 111 cm³/mol. The second kappa shape index (κ2) is 9.83. The van der Waals surface area contributed by atoms with Crippen LogP contribution >= 0.6 is 0 Å². The number of nitro groups is 1. The van der Waals surface area contributed by atoms with Gasteiger partial charge in [-0.3, -0.25) is 19.7 Å². The lowest BCUT2D eigenvalue weighted by molar-refractivity contribution is -0.383. The van der Waals surface area contributed by atoms with Crippen molar-refractivity contribution >= 4 is 33.3 Å². The van der Waals surface area contributed by atoms with E-state index in [9.17, 15) is 32.5 Å². The number of rotatable bonds is 7. The molecule has 170 valence electrons. The molecule has 32 heavy (non-hydrogen) atoms. The minimum Gasteiger partial charge on any atom is -0.455 e. The number of hydrogen-bond donors (Lipinski definition) is 1. The lowest BCUT2D eigenvalue weighted by Gasteiger charge is -2.30. The number of nitro benzene ring substituents is 1. The standard InChI is InChI=1S/C20H20FN3O7S/c21-15-5-7-16(8-6-15)32(29,30)23-11-9-14(10-12-23)20(26)31-13-19(25)22-17-3-1-2-4-18(17)24(27)28/h1-8,14H,9-13H2,(H,22,25). The fourth-order valence-electron chi connectivity index (χ4n) is 3.27. The van der Waals surface area contributed by atoms with Crippen molar-refractivity contribution in [3.8, 4) is 0 Å². The van der Waals surface area contributed by atoms with Gasteiger partial charge in [0, 0.05) is 19.2 Å². The van der Waals surface area contributed by atoms with E-state index in [0.29, 0.717) is 0 Å². The molecule has 0 unspecified atom stereocenters. The Morgan fingerprint density at radius 1 is 1.12 bits per heavy atom. The molecule has 2 aromatic carbocycles. The number of anilines is 1. The number of halogens is 1. The molecule has 0 atom stereocenters. The van der Waals surface area contributed by atoms with Crippen LogP contribution in [0, 0.1) is 21.8 Å². The van der Waals surface area contributed by atoms with Crippen LogP contribution in [0.1, 0.15) is 12.8 Å². The van der Waals surface area contributed by atoms with Crippen molar-refractivity contribution in [1.82, 2.24) is 4.31 Å².